The van der Waals surface area contributed by atoms with Gasteiger partial charge in [-0.15, -0.1) is 0 Å². The second-order valence-electron chi connectivity index (χ2n) is 1.35. The third-order valence-electron chi connectivity index (χ3n) is 0.688. The molecule has 0 spiro atoms. The van der Waals surface area contributed by atoms with Gasteiger partial charge < -0.3 is 10.0 Å². The van der Waals surface area contributed by atoms with E-state index >= 15 is 0 Å². The summed E-state index contributed by atoms with van der Waals surface area (Å²) in [4.78, 5) is 20.7. The maximum absolute atomic E-state index is 9.88. The first kappa shape index (κ1) is 7.68. The van der Waals surface area contributed by atoms with Gasteiger partial charge in [0.1, 0.15) is 6.54 Å². The molecule has 0 radical (unpaired) electrons. The molecule has 0 bridgehead atoms. The Bertz CT molecular complexity index is 124. The first-order valence-corrected chi connectivity index (χ1v) is 2.26. The lowest BCUT2D eigenvalue weighted by Gasteiger charge is -2.05. The van der Waals surface area contributed by atoms with Crippen LogP contribution in [0.2, 0.25) is 0 Å². The number of carbonyl (C=O) groups excluding carboxylic acids is 1. The van der Waals surface area contributed by atoms with Crippen LogP contribution in [0.5, 0.6) is 0 Å². The molecule has 0 aromatic carbocycles. The van der Waals surface area contributed by atoms with Crippen molar-refractivity contribution in [3.8, 4) is 0 Å². The highest BCUT2D eigenvalue weighted by Gasteiger charge is 2.00. The summed E-state index contributed by atoms with van der Waals surface area (Å²) in [5, 5.41) is 8.10. The van der Waals surface area contributed by atoms with E-state index in [4.69, 9.17) is 5.11 Å². The van der Waals surface area contributed by atoms with Gasteiger partial charge in [-0.3, -0.25) is 9.59 Å². The first-order chi connectivity index (χ1) is 4.20. The Balaban J connectivity index is 3.68. The van der Waals surface area contributed by atoms with Crippen LogP contribution < -0.4 is 0 Å². The SMILES string of the molecule is C=CN(C=O)CC(=O)O. The molecule has 1 N–H and O–H groups in total. The lowest BCUT2D eigenvalue weighted by molar-refractivity contribution is -0.139. The van der Waals surface area contributed by atoms with Gasteiger partial charge in [0, 0.05) is 0 Å². The number of hydrogen-bond donors (Lipinski definition) is 1. The average molecular weight is 129 g/mol. The van der Waals surface area contributed by atoms with Crippen molar-refractivity contribution in [1.82, 2.24) is 4.90 Å². The number of aliphatic carboxylic acids is 1. The average Bonchev–Trinajstić information content (AvgIpc) is 1.82. The van der Waals surface area contributed by atoms with Crippen molar-refractivity contribution in [2.75, 3.05) is 6.54 Å². The molecule has 0 atom stereocenters. The fourth-order valence-corrected chi connectivity index (χ4v) is 0.301. The van der Waals surface area contributed by atoms with Gasteiger partial charge in [-0.25, -0.2) is 0 Å². The van der Waals surface area contributed by atoms with Gasteiger partial charge >= 0.3 is 5.97 Å². The van der Waals surface area contributed by atoms with Crippen LogP contribution in [0.15, 0.2) is 12.8 Å². The number of amides is 1. The predicted molar refractivity (Wildman–Crippen MR) is 30.6 cm³/mol. The summed E-state index contributed by atoms with van der Waals surface area (Å²) in [5.74, 6) is -1.05. The standard InChI is InChI=1S/C5H7NO3/c1-2-6(4-7)3-5(8)9/h2,4H,1,3H2,(H,8,9). The van der Waals surface area contributed by atoms with Gasteiger partial charge in [0.25, 0.3) is 0 Å². The van der Waals surface area contributed by atoms with Crippen LogP contribution in [0.3, 0.4) is 0 Å². The highest BCUT2D eigenvalue weighted by atomic mass is 16.4. The number of carboxylic acids is 1. The highest BCUT2D eigenvalue weighted by molar-refractivity contribution is 5.72. The summed E-state index contributed by atoms with van der Waals surface area (Å²) in [6, 6.07) is 0. The van der Waals surface area contributed by atoms with E-state index in [9.17, 15) is 9.59 Å². The molecule has 50 valence electrons. The molecule has 0 fully saturated rings. The molecular weight excluding hydrogens is 122 g/mol. The van der Waals surface area contributed by atoms with Crippen molar-refractivity contribution in [3.63, 3.8) is 0 Å². The molecule has 0 aromatic rings. The van der Waals surface area contributed by atoms with Gasteiger partial charge in [-0.05, 0) is 6.20 Å². The second-order valence-corrected chi connectivity index (χ2v) is 1.35. The van der Waals surface area contributed by atoms with Gasteiger partial charge in [-0.1, -0.05) is 6.58 Å². The molecule has 0 saturated carbocycles. The van der Waals surface area contributed by atoms with E-state index in [1.807, 2.05) is 0 Å². The molecule has 4 nitrogen and oxygen atoms in total. The smallest absolute Gasteiger partial charge is 0.323 e. The van der Waals surface area contributed by atoms with Gasteiger partial charge in [-0.2, -0.15) is 0 Å². The van der Waals surface area contributed by atoms with Crippen molar-refractivity contribution >= 4 is 12.4 Å². The Hall–Kier alpha value is -1.32. The van der Waals surface area contributed by atoms with E-state index < -0.39 is 5.97 Å². The summed E-state index contributed by atoms with van der Waals surface area (Å²) in [6.07, 6.45) is 1.56. The predicted octanol–water partition coefficient (Wildman–Crippen LogP) is -0.327. The van der Waals surface area contributed by atoms with E-state index in [-0.39, 0.29) is 6.54 Å². The molecule has 0 saturated heterocycles. The minimum absolute atomic E-state index is 0.326. The molecule has 0 aliphatic rings. The van der Waals surface area contributed by atoms with Crippen LogP contribution in [-0.2, 0) is 9.59 Å². The number of carbonyl (C=O) groups is 2. The maximum Gasteiger partial charge on any atom is 0.323 e. The molecule has 0 aromatic heterocycles. The van der Waals surface area contributed by atoms with Crippen molar-refractivity contribution in [1.29, 1.82) is 0 Å². The molecule has 0 unspecified atom stereocenters. The minimum atomic E-state index is -1.05. The minimum Gasteiger partial charge on any atom is -0.480 e. The lowest BCUT2D eigenvalue weighted by atomic mass is 10.6. The monoisotopic (exact) mass is 129 g/mol. The summed E-state index contributed by atoms with van der Waals surface area (Å²) in [6.45, 7) is 2.89. The molecular formula is C5H7NO3. The highest BCUT2D eigenvalue weighted by Crippen LogP contribution is 1.79. The van der Waals surface area contributed by atoms with E-state index in [1.165, 1.54) is 0 Å². The number of nitrogens with zero attached hydrogens (tertiary/aromatic N) is 1. The largest absolute Gasteiger partial charge is 0.480 e. The zero-order chi connectivity index (χ0) is 7.28. The van der Waals surface area contributed by atoms with E-state index in [0.717, 1.165) is 11.1 Å². The second kappa shape index (κ2) is 3.65. The first-order valence-electron chi connectivity index (χ1n) is 2.26. The summed E-state index contributed by atoms with van der Waals surface area (Å²) in [7, 11) is 0. The van der Waals surface area contributed by atoms with Crippen LogP contribution in [0, 0.1) is 0 Å². The van der Waals surface area contributed by atoms with Crippen molar-refractivity contribution in [2.45, 2.75) is 0 Å². The summed E-state index contributed by atoms with van der Waals surface area (Å²) >= 11 is 0. The molecule has 0 rings (SSSR count). The van der Waals surface area contributed by atoms with Crippen LogP contribution >= 0.6 is 0 Å². The normalized spacial score (nSPS) is 8.00. The van der Waals surface area contributed by atoms with Crippen molar-refractivity contribution < 1.29 is 14.7 Å². The Morgan fingerprint density at radius 3 is 2.44 bits per heavy atom. The van der Waals surface area contributed by atoms with Gasteiger partial charge in [0.15, 0.2) is 0 Å². The summed E-state index contributed by atoms with van der Waals surface area (Å²) < 4.78 is 0. The Morgan fingerprint density at radius 1 is 1.78 bits per heavy atom. The number of hydrogen-bond acceptors (Lipinski definition) is 2. The lowest BCUT2D eigenvalue weighted by Crippen LogP contribution is -2.22. The van der Waals surface area contributed by atoms with E-state index in [1.54, 1.807) is 0 Å². The fourth-order valence-electron chi connectivity index (χ4n) is 0.301. The Morgan fingerprint density at radius 2 is 2.33 bits per heavy atom. The van der Waals surface area contributed by atoms with Crippen LogP contribution in [0.4, 0.5) is 0 Å². The molecule has 4 heteroatoms. The molecule has 0 aliphatic heterocycles. The van der Waals surface area contributed by atoms with E-state index in [2.05, 4.69) is 6.58 Å². The third kappa shape index (κ3) is 3.28. The zero-order valence-corrected chi connectivity index (χ0v) is 4.78. The summed E-state index contributed by atoms with van der Waals surface area (Å²) in [5.41, 5.74) is 0. The van der Waals surface area contributed by atoms with E-state index in [0.29, 0.717) is 6.41 Å². The molecule has 1 amide bonds. The maximum atomic E-state index is 9.88. The Labute approximate surface area is 52.4 Å². The van der Waals surface area contributed by atoms with Gasteiger partial charge in [0.2, 0.25) is 6.41 Å². The third-order valence-corrected chi connectivity index (χ3v) is 0.688. The van der Waals surface area contributed by atoms with Crippen LogP contribution in [0.1, 0.15) is 0 Å². The Kier molecular flexibility index (Phi) is 3.12. The fraction of sp³-hybridized carbons (Fsp3) is 0.200. The quantitative estimate of drug-likeness (QED) is 0.529. The number of carboxylic acid groups (broad SMARTS) is 1. The number of rotatable bonds is 4. The van der Waals surface area contributed by atoms with Crippen molar-refractivity contribution in [2.24, 2.45) is 0 Å². The molecule has 9 heavy (non-hydrogen) atoms. The zero-order valence-electron chi connectivity index (χ0n) is 4.78. The topological polar surface area (TPSA) is 57.6 Å². The van der Waals surface area contributed by atoms with Crippen LogP contribution in [0.25, 0.3) is 0 Å². The molecule has 0 aliphatic carbocycles. The molecule has 0 heterocycles. The van der Waals surface area contributed by atoms with Crippen molar-refractivity contribution in [3.05, 3.63) is 12.8 Å². The van der Waals surface area contributed by atoms with Gasteiger partial charge in [0.05, 0.1) is 0 Å². The van der Waals surface area contributed by atoms with Crippen LogP contribution in [-0.4, -0.2) is 28.9 Å².